The Bertz CT molecular complexity index is 772. The Kier molecular flexibility index (Phi) is 6.24. The maximum Gasteiger partial charge on any atom is 0.322 e. The first kappa shape index (κ1) is 19.1. The molecule has 142 valence electrons. The van der Waals surface area contributed by atoms with Gasteiger partial charge >= 0.3 is 11.9 Å². The summed E-state index contributed by atoms with van der Waals surface area (Å²) in [4.78, 5) is 22.7. The highest BCUT2D eigenvalue weighted by Gasteiger charge is 2.29. The minimum Gasteiger partial charge on any atom is -0.481 e. The van der Waals surface area contributed by atoms with Crippen molar-refractivity contribution in [3.05, 3.63) is 59.7 Å². The average molecular weight is 367 g/mol. The fourth-order valence-corrected chi connectivity index (χ4v) is 3.65. The van der Waals surface area contributed by atoms with Crippen LogP contribution in [0.3, 0.4) is 0 Å². The zero-order valence-corrected chi connectivity index (χ0v) is 15.3. The zero-order valence-electron chi connectivity index (χ0n) is 15.3. The fraction of sp³-hybridized carbons (Fsp3) is 0.364. The summed E-state index contributed by atoms with van der Waals surface area (Å²) in [6.45, 7) is 0.277. The van der Waals surface area contributed by atoms with E-state index in [-0.39, 0.29) is 18.9 Å². The molecule has 0 saturated carbocycles. The number of benzene rings is 2. The van der Waals surface area contributed by atoms with Crippen molar-refractivity contribution in [3.8, 4) is 11.1 Å². The van der Waals surface area contributed by atoms with E-state index >= 15 is 0 Å². The highest BCUT2D eigenvalue weighted by molar-refractivity contribution is 5.79. The molecule has 0 unspecified atom stereocenters. The SMILES string of the molecule is N[C@H](CCCCCC(=O)O)C(=O)OCC1c2ccccc2-c2ccccc21. The summed E-state index contributed by atoms with van der Waals surface area (Å²) in [7, 11) is 0. The summed E-state index contributed by atoms with van der Waals surface area (Å²) in [5.74, 6) is -1.16. The number of rotatable bonds is 9. The van der Waals surface area contributed by atoms with Crippen LogP contribution < -0.4 is 5.73 Å². The smallest absolute Gasteiger partial charge is 0.322 e. The highest BCUT2D eigenvalue weighted by atomic mass is 16.5. The molecule has 1 aliphatic carbocycles. The molecule has 0 spiro atoms. The Labute approximate surface area is 159 Å². The topological polar surface area (TPSA) is 89.6 Å². The van der Waals surface area contributed by atoms with E-state index in [4.69, 9.17) is 15.6 Å². The number of esters is 1. The highest BCUT2D eigenvalue weighted by Crippen LogP contribution is 2.44. The second kappa shape index (κ2) is 8.82. The molecule has 0 amide bonds. The molecular weight excluding hydrogens is 342 g/mol. The van der Waals surface area contributed by atoms with Crippen LogP contribution in [0.2, 0.25) is 0 Å². The van der Waals surface area contributed by atoms with Crippen LogP contribution in [0, 0.1) is 0 Å². The van der Waals surface area contributed by atoms with Crippen molar-refractivity contribution < 1.29 is 19.4 Å². The molecular formula is C22H25NO4. The lowest BCUT2D eigenvalue weighted by Gasteiger charge is -2.16. The normalized spacial score (nSPS) is 13.7. The van der Waals surface area contributed by atoms with Crippen molar-refractivity contribution in [2.24, 2.45) is 5.73 Å². The first-order valence-electron chi connectivity index (χ1n) is 9.40. The summed E-state index contributed by atoms with van der Waals surface area (Å²) in [6, 6.07) is 15.7. The van der Waals surface area contributed by atoms with Crippen LogP contribution in [-0.4, -0.2) is 29.7 Å². The number of hydrogen-bond acceptors (Lipinski definition) is 4. The van der Waals surface area contributed by atoms with Gasteiger partial charge in [0.2, 0.25) is 0 Å². The van der Waals surface area contributed by atoms with E-state index in [1.54, 1.807) is 0 Å². The summed E-state index contributed by atoms with van der Waals surface area (Å²) < 4.78 is 5.54. The Hall–Kier alpha value is -2.66. The van der Waals surface area contributed by atoms with Crippen molar-refractivity contribution in [3.63, 3.8) is 0 Å². The maximum atomic E-state index is 12.3. The van der Waals surface area contributed by atoms with E-state index in [1.165, 1.54) is 22.3 Å². The number of aliphatic carboxylic acids is 1. The quantitative estimate of drug-likeness (QED) is 0.521. The molecule has 0 bridgehead atoms. The number of carboxylic acid groups (broad SMARTS) is 1. The number of unbranched alkanes of at least 4 members (excludes halogenated alkanes) is 2. The van der Waals surface area contributed by atoms with Crippen molar-refractivity contribution in [2.45, 2.75) is 44.1 Å². The Morgan fingerprint density at radius 3 is 2.15 bits per heavy atom. The summed E-state index contributed by atoms with van der Waals surface area (Å²) in [5.41, 5.74) is 10.7. The molecule has 1 aliphatic rings. The van der Waals surface area contributed by atoms with Gasteiger partial charge in [0.15, 0.2) is 0 Å². The van der Waals surface area contributed by atoms with E-state index in [0.29, 0.717) is 12.8 Å². The van der Waals surface area contributed by atoms with Crippen LogP contribution in [0.1, 0.15) is 49.1 Å². The standard InChI is InChI=1S/C22H25NO4/c23-20(12-2-1-3-13-21(24)25)22(26)27-14-19-17-10-6-4-8-15(17)16-9-5-7-11-18(16)19/h4-11,19-20H,1-3,12-14,23H2,(H,24,25)/t20-/m1/s1. The van der Waals surface area contributed by atoms with Gasteiger partial charge in [-0.15, -0.1) is 0 Å². The van der Waals surface area contributed by atoms with Gasteiger partial charge in [0.25, 0.3) is 0 Å². The van der Waals surface area contributed by atoms with E-state index < -0.39 is 18.0 Å². The van der Waals surface area contributed by atoms with Gasteiger partial charge in [0, 0.05) is 12.3 Å². The molecule has 2 aromatic carbocycles. The lowest BCUT2D eigenvalue weighted by molar-refractivity contribution is -0.145. The molecule has 2 aromatic rings. The monoisotopic (exact) mass is 367 g/mol. The van der Waals surface area contributed by atoms with Crippen molar-refractivity contribution in [1.82, 2.24) is 0 Å². The van der Waals surface area contributed by atoms with Gasteiger partial charge < -0.3 is 15.6 Å². The molecule has 1 atom stereocenters. The van der Waals surface area contributed by atoms with Crippen LogP contribution in [0.15, 0.2) is 48.5 Å². The summed E-state index contributed by atoms with van der Waals surface area (Å²) in [5, 5.41) is 8.62. The number of nitrogens with two attached hydrogens (primary N) is 1. The number of carbonyl (C=O) groups is 2. The predicted octanol–water partition coefficient (Wildman–Crippen LogP) is 3.70. The van der Waals surface area contributed by atoms with Gasteiger partial charge in [-0.25, -0.2) is 0 Å². The second-order valence-electron chi connectivity index (χ2n) is 6.96. The second-order valence-corrected chi connectivity index (χ2v) is 6.96. The van der Waals surface area contributed by atoms with E-state index in [9.17, 15) is 9.59 Å². The molecule has 3 N–H and O–H groups in total. The molecule has 5 heteroatoms. The van der Waals surface area contributed by atoms with Gasteiger partial charge in [-0.05, 0) is 35.1 Å². The van der Waals surface area contributed by atoms with Crippen LogP contribution in [0.25, 0.3) is 11.1 Å². The lowest BCUT2D eigenvalue weighted by atomic mass is 9.98. The summed E-state index contributed by atoms with van der Waals surface area (Å²) >= 11 is 0. The molecule has 0 fully saturated rings. The predicted molar refractivity (Wildman–Crippen MR) is 103 cm³/mol. The maximum absolute atomic E-state index is 12.3. The van der Waals surface area contributed by atoms with E-state index in [2.05, 4.69) is 24.3 Å². The lowest BCUT2D eigenvalue weighted by Crippen LogP contribution is -2.33. The molecule has 0 aromatic heterocycles. The number of fused-ring (bicyclic) bond motifs is 3. The number of ether oxygens (including phenoxy) is 1. The van der Waals surface area contributed by atoms with Crippen LogP contribution >= 0.6 is 0 Å². The van der Waals surface area contributed by atoms with Crippen molar-refractivity contribution in [1.29, 1.82) is 0 Å². The average Bonchev–Trinajstić information content (AvgIpc) is 2.99. The van der Waals surface area contributed by atoms with Crippen LogP contribution in [0.4, 0.5) is 0 Å². The van der Waals surface area contributed by atoms with E-state index in [1.807, 2.05) is 24.3 Å². The molecule has 5 nitrogen and oxygen atoms in total. The zero-order chi connectivity index (χ0) is 19.2. The fourth-order valence-electron chi connectivity index (χ4n) is 3.65. The van der Waals surface area contributed by atoms with Crippen LogP contribution in [-0.2, 0) is 14.3 Å². The third-order valence-electron chi connectivity index (χ3n) is 5.06. The largest absolute Gasteiger partial charge is 0.481 e. The third-order valence-corrected chi connectivity index (χ3v) is 5.06. The van der Waals surface area contributed by atoms with Crippen molar-refractivity contribution in [2.75, 3.05) is 6.61 Å². The minimum atomic E-state index is -0.796. The number of carbonyl (C=O) groups excluding carboxylic acids is 1. The molecule has 3 rings (SSSR count). The molecule has 27 heavy (non-hydrogen) atoms. The number of hydrogen-bond donors (Lipinski definition) is 2. The number of carboxylic acids is 1. The molecule has 0 radical (unpaired) electrons. The van der Waals surface area contributed by atoms with Gasteiger partial charge in [-0.2, -0.15) is 0 Å². The Morgan fingerprint density at radius 2 is 1.56 bits per heavy atom. The third kappa shape index (κ3) is 4.55. The van der Waals surface area contributed by atoms with Crippen LogP contribution in [0.5, 0.6) is 0 Å². The molecule has 0 aliphatic heterocycles. The van der Waals surface area contributed by atoms with Crippen molar-refractivity contribution >= 4 is 11.9 Å². The first-order valence-corrected chi connectivity index (χ1v) is 9.40. The first-order chi connectivity index (χ1) is 13.1. The van der Waals surface area contributed by atoms with Gasteiger partial charge in [-0.3, -0.25) is 9.59 Å². The molecule has 0 saturated heterocycles. The summed E-state index contributed by atoms with van der Waals surface area (Å²) in [6.07, 6.45) is 2.73. The van der Waals surface area contributed by atoms with E-state index in [0.717, 1.165) is 12.8 Å². The Balaban J connectivity index is 1.54. The minimum absolute atomic E-state index is 0.0316. The van der Waals surface area contributed by atoms with Gasteiger partial charge in [-0.1, -0.05) is 61.4 Å². The Morgan fingerprint density at radius 1 is 0.963 bits per heavy atom. The van der Waals surface area contributed by atoms with Gasteiger partial charge in [0.05, 0.1) is 0 Å². The van der Waals surface area contributed by atoms with Gasteiger partial charge in [0.1, 0.15) is 12.6 Å². The molecule has 0 heterocycles.